The molecule has 3 N–H and O–H groups in total. The molecule has 0 unspecified atom stereocenters. The number of nitrogens with two attached hydrogens (primary N) is 1. The molecule has 0 aliphatic carbocycles. The Hall–Kier alpha value is -1.10. The first-order valence-electron chi connectivity index (χ1n) is 4.61. The molecule has 0 saturated heterocycles. The molecular formula is C8H16N4O. The van der Waals surface area contributed by atoms with Crippen LogP contribution in [0.15, 0.2) is 4.79 Å². The van der Waals surface area contributed by atoms with Gasteiger partial charge in [-0.15, -0.1) is 0 Å². The highest BCUT2D eigenvalue weighted by atomic mass is 16.1. The van der Waals surface area contributed by atoms with Gasteiger partial charge in [-0.25, -0.2) is 9.89 Å². The largest absolute Gasteiger partial charge is 0.343 e. The Morgan fingerprint density at radius 2 is 2.31 bits per heavy atom. The third-order valence-electron chi connectivity index (χ3n) is 2.01. The fraction of sp³-hybridized carbons (Fsp3) is 0.750. The van der Waals surface area contributed by atoms with Crippen LogP contribution in [-0.4, -0.2) is 14.8 Å². The highest BCUT2D eigenvalue weighted by Crippen LogP contribution is 2.08. The van der Waals surface area contributed by atoms with Crippen molar-refractivity contribution in [2.24, 2.45) is 5.73 Å². The number of nitrogens with zero attached hydrogens (tertiary/aromatic N) is 2. The van der Waals surface area contributed by atoms with Gasteiger partial charge in [0.15, 0.2) is 0 Å². The third-order valence-corrected chi connectivity index (χ3v) is 2.01. The van der Waals surface area contributed by atoms with E-state index in [1.165, 1.54) is 0 Å². The first kappa shape index (κ1) is 9.98. The zero-order valence-corrected chi connectivity index (χ0v) is 8.08. The molecule has 0 aliphatic heterocycles. The normalized spacial score (nSPS) is 13.2. The molecule has 0 aromatic carbocycles. The summed E-state index contributed by atoms with van der Waals surface area (Å²) in [5.41, 5.74) is 5.63. The lowest BCUT2D eigenvalue weighted by Gasteiger charge is -2.08. The van der Waals surface area contributed by atoms with Crippen LogP contribution in [0.4, 0.5) is 0 Å². The second-order valence-electron chi connectivity index (χ2n) is 3.05. The second-order valence-corrected chi connectivity index (χ2v) is 3.05. The lowest BCUT2D eigenvalue weighted by Crippen LogP contribution is -2.22. The summed E-state index contributed by atoms with van der Waals surface area (Å²) in [5.74, 6) is 0.661. The fourth-order valence-corrected chi connectivity index (χ4v) is 1.24. The summed E-state index contributed by atoms with van der Waals surface area (Å²) in [4.78, 5) is 11.2. The molecule has 0 spiro atoms. The van der Waals surface area contributed by atoms with Crippen molar-refractivity contribution >= 4 is 0 Å². The van der Waals surface area contributed by atoms with Crippen molar-refractivity contribution < 1.29 is 0 Å². The van der Waals surface area contributed by atoms with E-state index in [2.05, 4.69) is 10.2 Å². The van der Waals surface area contributed by atoms with E-state index in [1.54, 1.807) is 4.57 Å². The van der Waals surface area contributed by atoms with Crippen molar-refractivity contribution in [1.82, 2.24) is 14.8 Å². The number of aromatic amines is 1. The summed E-state index contributed by atoms with van der Waals surface area (Å²) in [5, 5.41) is 6.32. The zero-order valence-electron chi connectivity index (χ0n) is 8.08. The minimum Gasteiger partial charge on any atom is -0.321 e. The molecule has 1 rings (SSSR count). The molecular weight excluding hydrogens is 168 g/mol. The van der Waals surface area contributed by atoms with Crippen LogP contribution in [0.3, 0.4) is 0 Å². The van der Waals surface area contributed by atoms with E-state index >= 15 is 0 Å². The van der Waals surface area contributed by atoms with Crippen LogP contribution in [0.5, 0.6) is 0 Å². The predicted octanol–water partition coefficient (Wildman–Crippen LogP) is 0.391. The Kier molecular flexibility index (Phi) is 3.25. The van der Waals surface area contributed by atoms with E-state index in [0.29, 0.717) is 12.4 Å². The van der Waals surface area contributed by atoms with Crippen LogP contribution in [0.1, 0.15) is 38.6 Å². The molecule has 0 amide bonds. The Morgan fingerprint density at radius 1 is 1.62 bits per heavy atom. The van der Waals surface area contributed by atoms with Crippen molar-refractivity contribution in [2.45, 2.75) is 39.3 Å². The van der Waals surface area contributed by atoms with Crippen molar-refractivity contribution in [1.29, 1.82) is 0 Å². The van der Waals surface area contributed by atoms with E-state index in [-0.39, 0.29) is 11.7 Å². The van der Waals surface area contributed by atoms with Crippen molar-refractivity contribution in [3.8, 4) is 0 Å². The minimum atomic E-state index is -0.166. The number of hydrogen-bond donors (Lipinski definition) is 2. The Bertz CT molecular complexity index is 314. The lowest BCUT2D eigenvalue weighted by molar-refractivity contribution is 0.557. The van der Waals surface area contributed by atoms with Gasteiger partial charge < -0.3 is 5.73 Å². The standard InChI is InChI=1S/C8H16N4O/c1-3-5-12-7(6(9)4-2)10-11-8(12)13/h6H,3-5,9H2,1-2H3,(H,11,13)/t6-/m0/s1. The average molecular weight is 184 g/mol. The summed E-state index contributed by atoms with van der Waals surface area (Å²) < 4.78 is 1.61. The quantitative estimate of drug-likeness (QED) is 0.710. The monoisotopic (exact) mass is 184 g/mol. The Morgan fingerprint density at radius 3 is 2.85 bits per heavy atom. The molecule has 0 bridgehead atoms. The predicted molar refractivity (Wildman–Crippen MR) is 50.4 cm³/mol. The van der Waals surface area contributed by atoms with Crippen LogP contribution in [0.25, 0.3) is 0 Å². The molecule has 0 saturated carbocycles. The molecule has 74 valence electrons. The molecule has 0 fully saturated rings. The zero-order chi connectivity index (χ0) is 9.84. The molecule has 0 aliphatic rings. The smallest absolute Gasteiger partial charge is 0.321 e. The van der Waals surface area contributed by atoms with Crippen LogP contribution < -0.4 is 11.4 Å². The highest BCUT2D eigenvalue weighted by Gasteiger charge is 2.12. The van der Waals surface area contributed by atoms with Gasteiger partial charge in [0.05, 0.1) is 6.04 Å². The summed E-state index contributed by atoms with van der Waals surface area (Å²) >= 11 is 0. The van der Waals surface area contributed by atoms with Crippen molar-refractivity contribution in [3.05, 3.63) is 16.3 Å². The lowest BCUT2D eigenvalue weighted by atomic mass is 10.2. The number of nitrogens with one attached hydrogen (secondary N) is 1. The average Bonchev–Trinajstić information content (AvgIpc) is 2.48. The Labute approximate surface area is 76.9 Å². The molecule has 13 heavy (non-hydrogen) atoms. The number of H-pyrrole nitrogens is 1. The van der Waals surface area contributed by atoms with Crippen molar-refractivity contribution in [2.75, 3.05) is 0 Å². The van der Waals surface area contributed by atoms with E-state index in [4.69, 9.17) is 5.73 Å². The molecule has 5 nitrogen and oxygen atoms in total. The molecule has 1 aromatic heterocycles. The highest BCUT2D eigenvalue weighted by molar-refractivity contribution is 4.93. The summed E-state index contributed by atoms with van der Waals surface area (Å²) in [6, 6.07) is -0.148. The van der Waals surface area contributed by atoms with Crippen LogP contribution in [0.2, 0.25) is 0 Å². The number of rotatable bonds is 4. The second kappa shape index (κ2) is 4.23. The maximum absolute atomic E-state index is 11.2. The van der Waals surface area contributed by atoms with E-state index in [9.17, 15) is 4.79 Å². The molecule has 1 aromatic rings. The van der Waals surface area contributed by atoms with Gasteiger partial charge in [-0.1, -0.05) is 13.8 Å². The first-order chi connectivity index (χ1) is 6.20. The van der Waals surface area contributed by atoms with Crippen LogP contribution in [0, 0.1) is 0 Å². The summed E-state index contributed by atoms with van der Waals surface area (Å²) in [7, 11) is 0. The van der Waals surface area contributed by atoms with Gasteiger partial charge in [0.2, 0.25) is 0 Å². The third kappa shape index (κ3) is 1.98. The van der Waals surface area contributed by atoms with Gasteiger partial charge in [0.1, 0.15) is 5.82 Å². The van der Waals surface area contributed by atoms with Crippen LogP contribution in [-0.2, 0) is 6.54 Å². The van der Waals surface area contributed by atoms with Gasteiger partial charge in [-0.3, -0.25) is 4.57 Å². The summed E-state index contributed by atoms with van der Waals surface area (Å²) in [6.45, 7) is 4.67. The van der Waals surface area contributed by atoms with Gasteiger partial charge in [0.25, 0.3) is 0 Å². The molecule has 5 heteroatoms. The molecule has 0 radical (unpaired) electrons. The van der Waals surface area contributed by atoms with E-state index in [0.717, 1.165) is 12.8 Å². The SMILES string of the molecule is CCCn1c([C@@H](N)CC)n[nH]c1=O. The van der Waals surface area contributed by atoms with E-state index in [1.807, 2.05) is 13.8 Å². The number of hydrogen-bond acceptors (Lipinski definition) is 3. The topological polar surface area (TPSA) is 76.7 Å². The van der Waals surface area contributed by atoms with Gasteiger partial charge in [-0.2, -0.15) is 5.10 Å². The van der Waals surface area contributed by atoms with Crippen molar-refractivity contribution in [3.63, 3.8) is 0 Å². The van der Waals surface area contributed by atoms with Gasteiger partial charge in [0, 0.05) is 6.54 Å². The maximum atomic E-state index is 11.2. The van der Waals surface area contributed by atoms with Gasteiger partial charge in [-0.05, 0) is 12.8 Å². The molecule has 1 atom stereocenters. The fourth-order valence-electron chi connectivity index (χ4n) is 1.24. The van der Waals surface area contributed by atoms with E-state index < -0.39 is 0 Å². The Balaban J connectivity index is 2.99. The summed E-state index contributed by atoms with van der Waals surface area (Å²) in [6.07, 6.45) is 1.69. The maximum Gasteiger partial charge on any atom is 0.343 e. The first-order valence-corrected chi connectivity index (χ1v) is 4.61. The number of aromatic nitrogens is 3. The molecule has 1 heterocycles. The van der Waals surface area contributed by atoms with Crippen LogP contribution >= 0.6 is 0 Å². The van der Waals surface area contributed by atoms with Gasteiger partial charge >= 0.3 is 5.69 Å². The minimum absolute atomic E-state index is 0.148.